The Morgan fingerprint density at radius 1 is 0.651 bits per heavy atom. The van der Waals surface area contributed by atoms with Crippen LogP contribution in [0.3, 0.4) is 0 Å². The van der Waals surface area contributed by atoms with Crippen molar-refractivity contribution < 1.29 is 0 Å². The number of halogens is 1. The SMILES string of the molecule is C[N+](C)(C)c1nccc(-c2ccc3c4cnccc4n(C(c4ccccc4)(c4ccccc4)c4ccccc4)c3n2)c1Cl. The van der Waals surface area contributed by atoms with Crippen LogP contribution in [-0.2, 0) is 5.54 Å². The summed E-state index contributed by atoms with van der Waals surface area (Å²) in [5, 5.41) is 2.67. The average Bonchev–Trinajstić information content (AvgIpc) is 3.37. The van der Waals surface area contributed by atoms with E-state index in [9.17, 15) is 0 Å². The van der Waals surface area contributed by atoms with Crippen molar-refractivity contribution in [3.63, 3.8) is 0 Å². The van der Waals surface area contributed by atoms with Gasteiger partial charge in [0.15, 0.2) is 0 Å². The van der Waals surface area contributed by atoms with Crippen molar-refractivity contribution in [3.8, 4) is 11.3 Å². The Labute approximate surface area is 256 Å². The van der Waals surface area contributed by atoms with E-state index in [1.54, 1.807) is 0 Å². The minimum atomic E-state index is -0.744. The Balaban J connectivity index is 1.66. The lowest BCUT2D eigenvalue weighted by molar-refractivity contribution is 0.473. The molecule has 210 valence electrons. The third-order valence-electron chi connectivity index (χ3n) is 8.11. The molecule has 0 N–H and O–H groups in total. The van der Waals surface area contributed by atoms with Crippen LogP contribution in [0.5, 0.6) is 0 Å². The second kappa shape index (κ2) is 10.5. The van der Waals surface area contributed by atoms with Crippen molar-refractivity contribution >= 4 is 39.4 Å². The predicted molar refractivity (Wildman–Crippen MR) is 177 cm³/mol. The number of hydrogen-bond acceptors (Lipinski definition) is 3. The fraction of sp³-hybridized carbons (Fsp3) is 0.108. The van der Waals surface area contributed by atoms with Crippen molar-refractivity contribution in [1.82, 2.24) is 24.0 Å². The Kier molecular flexibility index (Phi) is 6.57. The average molecular weight is 581 g/mol. The molecule has 7 rings (SSSR count). The first-order valence-corrected chi connectivity index (χ1v) is 14.7. The van der Waals surface area contributed by atoms with Gasteiger partial charge in [-0.05, 0) is 41.0 Å². The summed E-state index contributed by atoms with van der Waals surface area (Å²) in [7, 11) is 6.19. The third-order valence-corrected chi connectivity index (χ3v) is 8.48. The van der Waals surface area contributed by atoms with Gasteiger partial charge in [0, 0.05) is 34.9 Å². The molecule has 43 heavy (non-hydrogen) atoms. The number of benzene rings is 3. The van der Waals surface area contributed by atoms with Crippen LogP contribution in [0, 0.1) is 0 Å². The summed E-state index contributed by atoms with van der Waals surface area (Å²) in [5.41, 5.74) is 6.16. The highest BCUT2D eigenvalue weighted by Crippen LogP contribution is 2.46. The molecule has 0 bridgehead atoms. The number of aromatic nitrogens is 4. The Morgan fingerprint density at radius 3 is 1.79 bits per heavy atom. The van der Waals surface area contributed by atoms with Crippen LogP contribution in [0.25, 0.3) is 33.2 Å². The number of quaternary nitrogens is 1. The van der Waals surface area contributed by atoms with Gasteiger partial charge < -0.3 is 4.57 Å². The maximum atomic E-state index is 7.04. The van der Waals surface area contributed by atoms with Gasteiger partial charge in [-0.1, -0.05) is 103 Å². The monoisotopic (exact) mass is 580 g/mol. The number of pyridine rings is 3. The van der Waals surface area contributed by atoms with Gasteiger partial charge in [0.05, 0.1) is 32.4 Å². The van der Waals surface area contributed by atoms with Gasteiger partial charge in [-0.2, -0.15) is 0 Å². The van der Waals surface area contributed by atoms with Gasteiger partial charge in [0.1, 0.15) is 16.2 Å². The molecule has 0 unspecified atom stereocenters. The smallest absolute Gasteiger partial charge is 0.246 e. The highest BCUT2D eigenvalue weighted by Gasteiger charge is 2.41. The fourth-order valence-corrected chi connectivity index (χ4v) is 6.71. The zero-order valence-electron chi connectivity index (χ0n) is 24.3. The van der Waals surface area contributed by atoms with Crippen molar-refractivity contribution in [2.45, 2.75) is 5.54 Å². The second-order valence-electron chi connectivity index (χ2n) is 11.6. The minimum Gasteiger partial charge on any atom is -0.307 e. The molecule has 0 atom stereocenters. The molecular formula is C37H31ClN5+. The maximum absolute atomic E-state index is 7.04. The molecule has 0 saturated carbocycles. The van der Waals surface area contributed by atoms with E-state index in [1.807, 2.05) is 24.7 Å². The maximum Gasteiger partial charge on any atom is 0.246 e. The molecule has 7 aromatic rings. The predicted octanol–water partition coefficient (Wildman–Crippen LogP) is 8.34. The van der Waals surface area contributed by atoms with Gasteiger partial charge in [-0.25, -0.2) is 9.97 Å². The number of hydrogen-bond donors (Lipinski definition) is 0. The number of fused-ring (bicyclic) bond motifs is 3. The Bertz CT molecular complexity index is 1970. The molecule has 0 aliphatic heterocycles. The summed E-state index contributed by atoms with van der Waals surface area (Å²) in [4.78, 5) is 14.6. The van der Waals surface area contributed by atoms with E-state index in [0.29, 0.717) is 9.51 Å². The van der Waals surface area contributed by atoms with Gasteiger partial charge in [-0.3, -0.25) is 9.47 Å². The fourth-order valence-electron chi connectivity index (χ4n) is 6.25. The molecule has 0 amide bonds. The standard InChI is InChI=1S/C37H31ClN5/c1-43(2,3)36-34(38)30(21-24-40-36)32-20-19-29-31-25-39-23-22-33(31)42(35(29)41-32)37(26-13-7-4-8-14-26,27-15-9-5-10-16-27)28-17-11-6-12-18-28/h4-25H,1-3H3/q+1. The van der Waals surface area contributed by atoms with Crippen LogP contribution >= 0.6 is 11.6 Å². The van der Waals surface area contributed by atoms with Gasteiger partial charge in [0.25, 0.3) is 0 Å². The minimum absolute atomic E-state index is 0.500. The summed E-state index contributed by atoms with van der Waals surface area (Å²) in [6, 6.07) is 40.3. The Hall–Kier alpha value is -4.84. The van der Waals surface area contributed by atoms with Gasteiger partial charge in [-0.15, -0.1) is 0 Å². The molecule has 0 aliphatic carbocycles. The lowest BCUT2D eigenvalue weighted by Crippen LogP contribution is -2.37. The van der Waals surface area contributed by atoms with E-state index in [2.05, 4.69) is 145 Å². The lowest BCUT2D eigenvalue weighted by Gasteiger charge is -2.38. The van der Waals surface area contributed by atoms with E-state index >= 15 is 0 Å². The molecule has 5 nitrogen and oxygen atoms in total. The van der Waals surface area contributed by atoms with Crippen LogP contribution in [0.15, 0.2) is 134 Å². The van der Waals surface area contributed by atoms with Crippen LogP contribution in [0.2, 0.25) is 5.02 Å². The highest BCUT2D eigenvalue weighted by atomic mass is 35.5. The second-order valence-corrected chi connectivity index (χ2v) is 12.0. The van der Waals surface area contributed by atoms with E-state index in [-0.39, 0.29) is 0 Å². The molecule has 0 fully saturated rings. The van der Waals surface area contributed by atoms with Crippen LogP contribution in [-0.4, -0.2) is 40.7 Å². The number of nitrogens with zero attached hydrogens (tertiary/aromatic N) is 5. The van der Waals surface area contributed by atoms with Gasteiger partial charge >= 0.3 is 0 Å². The van der Waals surface area contributed by atoms with Crippen LogP contribution < -0.4 is 4.48 Å². The largest absolute Gasteiger partial charge is 0.307 e. The van der Waals surface area contributed by atoms with E-state index in [4.69, 9.17) is 16.6 Å². The van der Waals surface area contributed by atoms with E-state index in [0.717, 1.165) is 55.7 Å². The third kappa shape index (κ3) is 4.32. The zero-order chi connectivity index (χ0) is 29.6. The summed E-state index contributed by atoms with van der Waals surface area (Å²) >= 11 is 7.04. The van der Waals surface area contributed by atoms with Crippen LogP contribution in [0.4, 0.5) is 5.82 Å². The highest BCUT2D eigenvalue weighted by molar-refractivity contribution is 6.35. The van der Waals surface area contributed by atoms with Crippen LogP contribution in [0.1, 0.15) is 16.7 Å². The normalized spacial score (nSPS) is 12.2. The first-order chi connectivity index (χ1) is 20.9. The summed E-state index contributed by atoms with van der Waals surface area (Å²) in [6.07, 6.45) is 5.61. The molecule has 3 aromatic carbocycles. The van der Waals surface area contributed by atoms with Crippen molar-refractivity contribution in [3.05, 3.63) is 156 Å². The molecule has 0 saturated heterocycles. The molecule has 4 heterocycles. The van der Waals surface area contributed by atoms with E-state index < -0.39 is 5.54 Å². The first-order valence-electron chi connectivity index (χ1n) is 14.3. The molecule has 6 heteroatoms. The van der Waals surface area contributed by atoms with Gasteiger partial charge in [0.2, 0.25) is 5.82 Å². The number of rotatable bonds is 6. The lowest BCUT2D eigenvalue weighted by atomic mass is 9.76. The molecule has 0 spiro atoms. The summed E-state index contributed by atoms with van der Waals surface area (Å²) in [6.45, 7) is 0. The molecule has 4 aromatic heterocycles. The van der Waals surface area contributed by atoms with E-state index in [1.165, 1.54) is 0 Å². The summed E-state index contributed by atoms with van der Waals surface area (Å²) < 4.78 is 2.89. The summed E-state index contributed by atoms with van der Waals surface area (Å²) in [5.74, 6) is 0.790. The van der Waals surface area contributed by atoms with Crippen molar-refractivity contribution in [2.75, 3.05) is 21.1 Å². The van der Waals surface area contributed by atoms with Crippen molar-refractivity contribution in [1.29, 1.82) is 0 Å². The zero-order valence-corrected chi connectivity index (χ0v) is 25.1. The molecule has 0 radical (unpaired) electrons. The molecule has 0 aliphatic rings. The first kappa shape index (κ1) is 27.0. The van der Waals surface area contributed by atoms with Crippen molar-refractivity contribution in [2.24, 2.45) is 0 Å². The quantitative estimate of drug-likeness (QED) is 0.147. The molecular weight excluding hydrogens is 550 g/mol. The Morgan fingerprint density at radius 2 is 1.23 bits per heavy atom. The topological polar surface area (TPSA) is 43.6 Å².